The summed E-state index contributed by atoms with van der Waals surface area (Å²) in [6, 6.07) is 19.2. The zero-order valence-electron chi connectivity index (χ0n) is 12.4. The second-order valence-corrected chi connectivity index (χ2v) is 5.48. The lowest BCUT2D eigenvalue weighted by Gasteiger charge is -2.04. The molecule has 0 unspecified atom stereocenters. The van der Waals surface area contributed by atoms with Crippen molar-refractivity contribution in [2.24, 2.45) is 0 Å². The van der Waals surface area contributed by atoms with Crippen molar-refractivity contribution in [3.8, 4) is 0 Å². The van der Waals surface area contributed by atoms with E-state index in [0.717, 1.165) is 22.2 Å². The van der Waals surface area contributed by atoms with E-state index in [2.05, 4.69) is 10.3 Å². The van der Waals surface area contributed by atoms with Gasteiger partial charge in [0.15, 0.2) is 0 Å². The molecule has 0 aliphatic carbocycles. The Kier molecular flexibility index (Phi) is 4.69. The summed E-state index contributed by atoms with van der Waals surface area (Å²) in [4.78, 5) is 16.4. The molecule has 0 aliphatic heterocycles. The zero-order valence-corrected chi connectivity index (χ0v) is 13.1. The molecule has 1 heterocycles. The Morgan fingerprint density at radius 2 is 1.83 bits per heavy atom. The fourth-order valence-corrected chi connectivity index (χ4v) is 2.42. The third-order valence-corrected chi connectivity index (χ3v) is 3.81. The van der Waals surface area contributed by atoms with Gasteiger partial charge in [-0.25, -0.2) is 4.98 Å². The summed E-state index contributed by atoms with van der Waals surface area (Å²) in [5.41, 5.74) is 2.54. The molecule has 114 valence electrons. The molecule has 0 fully saturated rings. The lowest BCUT2D eigenvalue weighted by Crippen LogP contribution is -2.20. The minimum atomic E-state index is -0.181. The standard InChI is InChI=1S/C19H15ClN2O/c20-17-7-3-1-6-15(17)13-21-19(23)12-11-16-10-9-14-5-2-4-8-18(14)22-16/h1-12H,13H2,(H,21,23)/b12-11+. The number of benzene rings is 2. The number of carbonyl (C=O) groups excluding carboxylic acids is 1. The number of halogens is 1. The fraction of sp³-hybridized carbons (Fsp3) is 0.0526. The molecule has 0 radical (unpaired) electrons. The summed E-state index contributed by atoms with van der Waals surface area (Å²) >= 11 is 6.06. The van der Waals surface area contributed by atoms with Crippen LogP contribution in [0, 0.1) is 0 Å². The van der Waals surface area contributed by atoms with E-state index < -0.39 is 0 Å². The first kappa shape index (κ1) is 15.3. The SMILES string of the molecule is O=C(/C=C/c1ccc2ccccc2n1)NCc1ccccc1Cl. The number of para-hydroxylation sites is 1. The summed E-state index contributed by atoms with van der Waals surface area (Å²) in [7, 11) is 0. The maximum atomic E-state index is 11.9. The molecular weight excluding hydrogens is 308 g/mol. The van der Waals surface area contributed by atoms with Crippen molar-refractivity contribution < 1.29 is 4.79 Å². The third-order valence-electron chi connectivity index (χ3n) is 3.44. The maximum absolute atomic E-state index is 11.9. The Bertz CT molecular complexity index is 874. The summed E-state index contributed by atoms with van der Waals surface area (Å²) in [5, 5.41) is 4.53. The van der Waals surface area contributed by atoms with Crippen LogP contribution in [0.15, 0.2) is 66.7 Å². The van der Waals surface area contributed by atoms with Gasteiger partial charge in [0.25, 0.3) is 0 Å². The molecule has 0 saturated heterocycles. The molecule has 2 aromatic carbocycles. The predicted molar refractivity (Wildman–Crippen MR) is 94.1 cm³/mol. The number of hydrogen-bond acceptors (Lipinski definition) is 2. The molecule has 0 spiro atoms. The molecule has 1 N–H and O–H groups in total. The number of nitrogens with zero attached hydrogens (tertiary/aromatic N) is 1. The number of carbonyl (C=O) groups is 1. The fourth-order valence-electron chi connectivity index (χ4n) is 2.22. The molecule has 4 heteroatoms. The van der Waals surface area contributed by atoms with Gasteiger partial charge < -0.3 is 5.32 Å². The highest BCUT2D eigenvalue weighted by molar-refractivity contribution is 6.31. The van der Waals surface area contributed by atoms with Crippen molar-refractivity contribution >= 4 is 34.5 Å². The second-order valence-electron chi connectivity index (χ2n) is 5.07. The number of fused-ring (bicyclic) bond motifs is 1. The van der Waals surface area contributed by atoms with Crippen molar-refractivity contribution in [2.45, 2.75) is 6.54 Å². The predicted octanol–water partition coefficient (Wildman–Crippen LogP) is 4.22. The van der Waals surface area contributed by atoms with Crippen molar-refractivity contribution in [1.29, 1.82) is 0 Å². The van der Waals surface area contributed by atoms with Gasteiger partial charge in [0.05, 0.1) is 11.2 Å². The van der Waals surface area contributed by atoms with E-state index >= 15 is 0 Å². The van der Waals surface area contributed by atoms with Crippen LogP contribution >= 0.6 is 11.6 Å². The second kappa shape index (κ2) is 7.07. The van der Waals surface area contributed by atoms with Gasteiger partial charge in [0, 0.05) is 23.0 Å². The highest BCUT2D eigenvalue weighted by Gasteiger charge is 2.01. The topological polar surface area (TPSA) is 42.0 Å². The van der Waals surface area contributed by atoms with Crippen LogP contribution in [0.4, 0.5) is 0 Å². The summed E-state index contributed by atoms with van der Waals surface area (Å²) in [6.07, 6.45) is 3.18. The normalized spacial score (nSPS) is 11.0. The van der Waals surface area contributed by atoms with E-state index in [4.69, 9.17) is 11.6 Å². The highest BCUT2D eigenvalue weighted by atomic mass is 35.5. The Hall–Kier alpha value is -2.65. The first-order valence-electron chi connectivity index (χ1n) is 7.27. The van der Waals surface area contributed by atoms with Gasteiger partial charge in [-0.3, -0.25) is 4.79 Å². The lowest BCUT2D eigenvalue weighted by molar-refractivity contribution is -0.116. The molecule has 0 bridgehead atoms. The van der Waals surface area contributed by atoms with E-state index in [1.807, 2.05) is 54.6 Å². The minimum absolute atomic E-state index is 0.181. The Labute approximate surface area is 139 Å². The van der Waals surface area contributed by atoms with E-state index in [-0.39, 0.29) is 5.91 Å². The quantitative estimate of drug-likeness (QED) is 0.731. The van der Waals surface area contributed by atoms with E-state index in [1.54, 1.807) is 12.1 Å². The molecule has 3 rings (SSSR count). The molecule has 0 atom stereocenters. The molecular formula is C19H15ClN2O. The van der Waals surface area contributed by atoms with Crippen LogP contribution in [-0.2, 0) is 11.3 Å². The molecule has 0 aliphatic rings. The van der Waals surface area contributed by atoms with Crippen LogP contribution in [0.2, 0.25) is 5.02 Å². The van der Waals surface area contributed by atoms with Crippen molar-refractivity contribution in [3.63, 3.8) is 0 Å². The number of amides is 1. The monoisotopic (exact) mass is 322 g/mol. The van der Waals surface area contributed by atoms with Crippen molar-refractivity contribution in [2.75, 3.05) is 0 Å². The molecule has 3 nitrogen and oxygen atoms in total. The summed E-state index contributed by atoms with van der Waals surface area (Å²) in [6.45, 7) is 0.397. The van der Waals surface area contributed by atoms with Gasteiger partial charge in [-0.15, -0.1) is 0 Å². The van der Waals surface area contributed by atoms with E-state index in [0.29, 0.717) is 11.6 Å². The molecule has 23 heavy (non-hydrogen) atoms. The maximum Gasteiger partial charge on any atom is 0.244 e. The molecule has 3 aromatic rings. The van der Waals surface area contributed by atoms with Gasteiger partial charge in [-0.1, -0.05) is 54.1 Å². The number of hydrogen-bond donors (Lipinski definition) is 1. The Balaban J connectivity index is 1.64. The first-order valence-corrected chi connectivity index (χ1v) is 7.65. The smallest absolute Gasteiger partial charge is 0.244 e. The molecule has 0 saturated carbocycles. The molecule has 1 amide bonds. The van der Waals surface area contributed by atoms with Crippen LogP contribution in [0.3, 0.4) is 0 Å². The van der Waals surface area contributed by atoms with E-state index in [1.165, 1.54) is 6.08 Å². The number of aromatic nitrogens is 1. The third kappa shape index (κ3) is 3.96. The van der Waals surface area contributed by atoms with E-state index in [9.17, 15) is 4.79 Å². The van der Waals surface area contributed by atoms with Crippen molar-refractivity contribution in [3.05, 3.63) is 83.0 Å². The van der Waals surface area contributed by atoms with Gasteiger partial charge in [0.2, 0.25) is 5.91 Å². The Morgan fingerprint density at radius 3 is 2.70 bits per heavy atom. The summed E-state index contributed by atoms with van der Waals surface area (Å²) < 4.78 is 0. The summed E-state index contributed by atoms with van der Waals surface area (Å²) in [5.74, 6) is -0.181. The number of pyridine rings is 1. The van der Waals surface area contributed by atoms with Crippen LogP contribution < -0.4 is 5.32 Å². The highest BCUT2D eigenvalue weighted by Crippen LogP contribution is 2.14. The van der Waals surface area contributed by atoms with Gasteiger partial charge in [-0.2, -0.15) is 0 Å². The lowest BCUT2D eigenvalue weighted by atomic mass is 10.2. The van der Waals surface area contributed by atoms with Gasteiger partial charge in [-0.05, 0) is 29.8 Å². The molecule has 1 aromatic heterocycles. The van der Waals surface area contributed by atoms with Crippen LogP contribution in [0.1, 0.15) is 11.3 Å². The Morgan fingerprint density at radius 1 is 1.04 bits per heavy atom. The van der Waals surface area contributed by atoms with Crippen LogP contribution in [-0.4, -0.2) is 10.9 Å². The average molecular weight is 323 g/mol. The zero-order chi connectivity index (χ0) is 16.1. The van der Waals surface area contributed by atoms with Gasteiger partial charge >= 0.3 is 0 Å². The first-order chi connectivity index (χ1) is 11.2. The largest absolute Gasteiger partial charge is 0.348 e. The van der Waals surface area contributed by atoms with Crippen molar-refractivity contribution in [1.82, 2.24) is 10.3 Å². The minimum Gasteiger partial charge on any atom is -0.348 e. The average Bonchev–Trinajstić information content (AvgIpc) is 2.59. The van der Waals surface area contributed by atoms with Crippen LogP contribution in [0.25, 0.3) is 17.0 Å². The number of nitrogens with one attached hydrogen (secondary N) is 1. The number of rotatable bonds is 4. The van der Waals surface area contributed by atoms with Gasteiger partial charge in [0.1, 0.15) is 0 Å². The van der Waals surface area contributed by atoms with Crippen LogP contribution in [0.5, 0.6) is 0 Å².